The van der Waals surface area contributed by atoms with Crippen LogP contribution in [-0.2, 0) is 4.79 Å². The molecule has 0 spiro atoms. The number of thioether (sulfide) groups is 1. The number of amides is 1. The Balaban J connectivity index is 1.34. The van der Waals surface area contributed by atoms with Crippen LogP contribution in [0.5, 0.6) is 17.2 Å². The van der Waals surface area contributed by atoms with Gasteiger partial charge in [0.25, 0.3) is 0 Å². The molecule has 0 bridgehead atoms. The van der Waals surface area contributed by atoms with Crippen molar-refractivity contribution in [2.45, 2.75) is 17.3 Å². The molecule has 1 unspecified atom stereocenters. The van der Waals surface area contributed by atoms with Gasteiger partial charge in [-0.15, -0.1) is 10.2 Å². The Morgan fingerprint density at radius 3 is 2.76 bits per heavy atom. The number of aromatic nitrogens is 4. The van der Waals surface area contributed by atoms with E-state index in [1.165, 1.54) is 16.3 Å². The highest BCUT2D eigenvalue weighted by Crippen LogP contribution is 2.33. The van der Waals surface area contributed by atoms with Crippen molar-refractivity contribution < 1.29 is 19.0 Å². The normalized spacial score (nSPS) is 13.5. The van der Waals surface area contributed by atoms with Gasteiger partial charge in [-0.3, -0.25) is 18.6 Å². The number of ether oxygens (including phenoxy) is 3. The van der Waals surface area contributed by atoms with Gasteiger partial charge in [-0.2, -0.15) is 0 Å². The second-order valence-corrected chi connectivity index (χ2v) is 8.77. The fraction of sp³-hybridized carbons (Fsp3) is 0.217. The van der Waals surface area contributed by atoms with E-state index in [1.807, 2.05) is 0 Å². The van der Waals surface area contributed by atoms with E-state index in [0.717, 1.165) is 0 Å². The molecule has 3 heterocycles. The number of anilines is 1. The van der Waals surface area contributed by atoms with E-state index >= 15 is 0 Å². The number of nitrogens with one attached hydrogen (secondary N) is 1. The Morgan fingerprint density at radius 1 is 1.12 bits per heavy atom. The van der Waals surface area contributed by atoms with Crippen molar-refractivity contribution in [2.75, 3.05) is 25.6 Å². The van der Waals surface area contributed by atoms with Crippen molar-refractivity contribution in [2.24, 2.45) is 0 Å². The van der Waals surface area contributed by atoms with Gasteiger partial charge in [0.2, 0.25) is 11.6 Å². The van der Waals surface area contributed by atoms with E-state index in [2.05, 4.69) is 15.5 Å². The molecule has 5 rings (SSSR count). The highest BCUT2D eigenvalue weighted by molar-refractivity contribution is 8.00. The van der Waals surface area contributed by atoms with Gasteiger partial charge in [0.1, 0.15) is 19.0 Å². The molecule has 1 amide bonds. The van der Waals surface area contributed by atoms with Gasteiger partial charge in [-0.05, 0) is 31.2 Å². The van der Waals surface area contributed by atoms with E-state index in [-0.39, 0.29) is 17.1 Å². The van der Waals surface area contributed by atoms with Gasteiger partial charge in [-0.25, -0.2) is 0 Å². The summed E-state index contributed by atoms with van der Waals surface area (Å²) in [6.07, 6.45) is 3.33. The van der Waals surface area contributed by atoms with Crippen molar-refractivity contribution >= 4 is 29.0 Å². The topological polar surface area (TPSA) is 109 Å². The molecule has 1 aliphatic heterocycles. The smallest absolute Gasteiger partial charge is 0.300 e. The van der Waals surface area contributed by atoms with Crippen LogP contribution >= 0.6 is 11.8 Å². The molecule has 2 aromatic heterocycles. The minimum absolute atomic E-state index is 0.160. The lowest BCUT2D eigenvalue weighted by atomic mass is 10.2. The number of nitrogens with zero attached hydrogens (tertiary/aromatic N) is 4. The van der Waals surface area contributed by atoms with Crippen LogP contribution in [0.15, 0.2) is 64.8 Å². The summed E-state index contributed by atoms with van der Waals surface area (Å²) in [5, 5.41) is 11.0. The van der Waals surface area contributed by atoms with Crippen LogP contribution in [0.4, 0.5) is 5.69 Å². The van der Waals surface area contributed by atoms with Crippen molar-refractivity contribution in [1.29, 1.82) is 0 Å². The van der Waals surface area contributed by atoms with Crippen LogP contribution in [0.1, 0.15) is 6.92 Å². The van der Waals surface area contributed by atoms with Gasteiger partial charge in [0.15, 0.2) is 16.7 Å². The third-order valence-corrected chi connectivity index (χ3v) is 6.29. The minimum Gasteiger partial charge on any atom is -0.497 e. The number of rotatable bonds is 6. The van der Waals surface area contributed by atoms with E-state index in [0.29, 0.717) is 47.0 Å². The van der Waals surface area contributed by atoms with E-state index in [1.54, 1.807) is 73.3 Å². The molecule has 4 aromatic rings. The third-order valence-electron chi connectivity index (χ3n) is 5.23. The summed E-state index contributed by atoms with van der Waals surface area (Å²) in [5.74, 6) is 1.67. The Labute approximate surface area is 198 Å². The largest absolute Gasteiger partial charge is 0.497 e. The summed E-state index contributed by atoms with van der Waals surface area (Å²) in [6.45, 7) is 2.73. The average molecular weight is 480 g/mol. The van der Waals surface area contributed by atoms with Gasteiger partial charge in [0.05, 0.1) is 18.0 Å². The molecule has 0 fully saturated rings. The summed E-state index contributed by atoms with van der Waals surface area (Å²) >= 11 is 1.21. The fourth-order valence-corrected chi connectivity index (χ4v) is 4.32. The summed E-state index contributed by atoms with van der Waals surface area (Å²) in [5.41, 5.74) is 1.08. The first-order chi connectivity index (χ1) is 16.5. The quantitative estimate of drug-likeness (QED) is 0.421. The van der Waals surface area contributed by atoms with Crippen LogP contribution < -0.4 is 25.1 Å². The zero-order chi connectivity index (χ0) is 23.7. The molecule has 34 heavy (non-hydrogen) atoms. The summed E-state index contributed by atoms with van der Waals surface area (Å²) < 4.78 is 19.4. The zero-order valence-corrected chi connectivity index (χ0v) is 19.2. The summed E-state index contributed by atoms with van der Waals surface area (Å²) in [7, 11) is 1.57. The number of methoxy groups -OCH3 is 1. The lowest BCUT2D eigenvalue weighted by Crippen LogP contribution is -2.23. The standard InChI is InChI=1S/C23H21N5O5S/c1-14(21(29)24-15-6-7-18-19(12-15)33-11-10-32-18)34-23-26-25-20-22(30)27(8-9-28(20)23)16-4-3-5-17(13-16)31-2/h3-9,12-14H,10-11H2,1-2H3,(H,24,29). The number of benzene rings is 2. The first-order valence-electron chi connectivity index (χ1n) is 10.5. The maximum Gasteiger partial charge on any atom is 0.300 e. The van der Waals surface area contributed by atoms with E-state index in [4.69, 9.17) is 14.2 Å². The highest BCUT2D eigenvalue weighted by atomic mass is 32.2. The molecule has 10 nitrogen and oxygen atoms in total. The number of hydrogen-bond acceptors (Lipinski definition) is 8. The number of carbonyl (C=O) groups is 1. The van der Waals surface area contributed by atoms with Gasteiger partial charge in [0, 0.05) is 30.2 Å². The van der Waals surface area contributed by atoms with E-state index in [9.17, 15) is 9.59 Å². The SMILES string of the molecule is COc1cccc(-n2ccn3c(SC(C)C(=O)Nc4ccc5c(c4)OCCO5)nnc3c2=O)c1. The molecule has 0 aliphatic carbocycles. The lowest BCUT2D eigenvalue weighted by molar-refractivity contribution is -0.115. The van der Waals surface area contributed by atoms with Gasteiger partial charge < -0.3 is 19.5 Å². The van der Waals surface area contributed by atoms with Crippen molar-refractivity contribution in [1.82, 2.24) is 19.2 Å². The lowest BCUT2D eigenvalue weighted by Gasteiger charge is -2.19. The third kappa shape index (κ3) is 4.17. The second-order valence-electron chi connectivity index (χ2n) is 7.46. The van der Waals surface area contributed by atoms with Crippen LogP contribution in [0.25, 0.3) is 11.3 Å². The Morgan fingerprint density at radius 2 is 1.94 bits per heavy atom. The zero-order valence-electron chi connectivity index (χ0n) is 18.4. The maximum absolute atomic E-state index is 13.0. The first-order valence-corrected chi connectivity index (χ1v) is 11.4. The molecule has 11 heteroatoms. The van der Waals surface area contributed by atoms with Gasteiger partial charge in [-0.1, -0.05) is 17.8 Å². The number of fused-ring (bicyclic) bond motifs is 2. The van der Waals surface area contributed by atoms with Crippen LogP contribution in [0, 0.1) is 0 Å². The Hall–Kier alpha value is -3.99. The summed E-state index contributed by atoms with van der Waals surface area (Å²) in [4.78, 5) is 25.8. The molecule has 0 saturated carbocycles. The molecule has 1 N–H and O–H groups in total. The average Bonchev–Trinajstić information content (AvgIpc) is 3.27. The molecule has 0 saturated heterocycles. The monoisotopic (exact) mass is 479 g/mol. The van der Waals surface area contributed by atoms with Crippen molar-refractivity contribution in [3.63, 3.8) is 0 Å². The molecular formula is C23H21N5O5S. The number of hydrogen-bond donors (Lipinski definition) is 1. The molecule has 0 radical (unpaired) electrons. The molecule has 2 aromatic carbocycles. The molecule has 1 atom stereocenters. The second kappa shape index (κ2) is 9.10. The molecule has 1 aliphatic rings. The fourth-order valence-electron chi connectivity index (χ4n) is 3.49. The van der Waals surface area contributed by atoms with Gasteiger partial charge >= 0.3 is 5.56 Å². The Kier molecular flexibility index (Phi) is 5.84. The highest BCUT2D eigenvalue weighted by Gasteiger charge is 2.21. The summed E-state index contributed by atoms with van der Waals surface area (Å²) in [6, 6.07) is 12.4. The predicted molar refractivity (Wildman–Crippen MR) is 127 cm³/mol. The van der Waals surface area contributed by atoms with Crippen molar-refractivity contribution in [3.05, 3.63) is 65.2 Å². The van der Waals surface area contributed by atoms with Crippen LogP contribution in [-0.4, -0.2) is 50.6 Å². The van der Waals surface area contributed by atoms with Crippen molar-refractivity contribution in [3.8, 4) is 22.9 Å². The Bertz CT molecular complexity index is 1430. The minimum atomic E-state index is -0.499. The maximum atomic E-state index is 13.0. The first kappa shape index (κ1) is 21.8. The molecular weight excluding hydrogens is 458 g/mol. The predicted octanol–water partition coefficient (Wildman–Crippen LogP) is 2.78. The van der Waals surface area contributed by atoms with E-state index < -0.39 is 5.25 Å². The number of carbonyl (C=O) groups excluding carboxylic acids is 1. The van der Waals surface area contributed by atoms with Crippen LogP contribution in [0.2, 0.25) is 0 Å². The molecule has 174 valence electrons. The van der Waals surface area contributed by atoms with Crippen LogP contribution in [0.3, 0.4) is 0 Å².